The van der Waals surface area contributed by atoms with Crippen LogP contribution in [-0.4, -0.2) is 84.1 Å². The highest BCUT2D eigenvalue weighted by molar-refractivity contribution is 6.33. The van der Waals surface area contributed by atoms with E-state index in [4.69, 9.17) is 9.47 Å². The molecule has 3 aliphatic rings. The van der Waals surface area contributed by atoms with Crippen molar-refractivity contribution in [2.75, 3.05) is 63.1 Å². The van der Waals surface area contributed by atoms with E-state index in [2.05, 4.69) is 20.4 Å². The minimum absolute atomic E-state index is 0.0971. The van der Waals surface area contributed by atoms with Crippen LogP contribution >= 0.6 is 0 Å². The number of halogens is 2. The Kier molecular flexibility index (Phi) is 8.80. The van der Waals surface area contributed by atoms with Gasteiger partial charge < -0.3 is 30.3 Å². The Morgan fingerprint density at radius 2 is 1.00 bits per heavy atom. The fourth-order valence-electron chi connectivity index (χ4n) is 6.66. The molecule has 0 spiro atoms. The summed E-state index contributed by atoms with van der Waals surface area (Å²) in [5, 5.41) is 27.8. The van der Waals surface area contributed by atoms with Gasteiger partial charge in [0.05, 0.1) is 35.5 Å². The quantitative estimate of drug-likeness (QED) is 0.152. The summed E-state index contributed by atoms with van der Waals surface area (Å²) in [6.07, 6.45) is -0.682. The second-order valence-electron chi connectivity index (χ2n) is 11.9. The maximum atomic E-state index is 14.0. The molecule has 2 saturated heterocycles. The smallest absolute Gasteiger partial charge is 0.200 e. The first kappa shape index (κ1) is 31.7. The molecule has 248 valence electrons. The van der Waals surface area contributed by atoms with Crippen LogP contribution in [0, 0.1) is 11.6 Å². The van der Waals surface area contributed by atoms with E-state index in [0.717, 1.165) is 11.1 Å². The molecular weight excluding hydrogens is 622 g/mol. The third-order valence-electron chi connectivity index (χ3n) is 8.99. The Bertz CT molecular complexity index is 1720. The SMILES string of the molecule is O=C1c2c(O)ccc(O)c2C(=O)c2c(NCCN3CCOC3c3ccc(F)cc3)ccc(NCCN3CCOC3c3ccc(F)cc3)c21. The van der Waals surface area contributed by atoms with Gasteiger partial charge in [-0.25, -0.2) is 8.78 Å². The molecular formula is C36H34F2N4O6. The predicted molar refractivity (Wildman–Crippen MR) is 173 cm³/mol. The number of hydrogen-bond acceptors (Lipinski definition) is 10. The summed E-state index contributed by atoms with van der Waals surface area (Å²) in [5.41, 5.74) is 2.19. The van der Waals surface area contributed by atoms with Crippen LogP contribution in [-0.2, 0) is 9.47 Å². The molecule has 2 heterocycles. The van der Waals surface area contributed by atoms with Crippen LogP contribution in [0.1, 0.15) is 55.4 Å². The van der Waals surface area contributed by atoms with Gasteiger partial charge in [-0.05, 0) is 59.7 Å². The summed E-state index contributed by atoms with van der Waals surface area (Å²) < 4.78 is 38.8. The maximum absolute atomic E-state index is 14.0. The lowest BCUT2D eigenvalue weighted by Crippen LogP contribution is -2.31. The van der Waals surface area contributed by atoms with Crippen LogP contribution in [0.2, 0.25) is 0 Å². The molecule has 4 N–H and O–H groups in total. The molecule has 4 aromatic rings. The van der Waals surface area contributed by atoms with Gasteiger partial charge in [-0.15, -0.1) is 0 Å². The van der Waals surface area contributed by atoms with Gasteiger partial charge in [0.1, 0.15) is 35.6 Å². The van der Waals surface area contributed by atoms with Crippen molar-refractivity contribution in [3.63, 3.8) is 0 Å². The van der Waals surface area contributed by atoms with Crippen molar-refractivity contribution in [2.24, 2.45) is 0 Å². The van der Waals surface area contributed by atoms with Crippen molar-refractivity contribution in [3.05, 3.63) is 118 Å². The number of phenols is 2. The maximum Gasteiger partial charge on any atom is 0.200 e. The number of hydrogen-bond donors (Lipinski definition) is 4. The molecule has 48 heavy (non-hydrogen) atoms. The third kappa shape index (κ3) is 5.99. The number of benzene rings is 4. The summed E-state index contributed by atoms with van der Waals surface area (Å²) in [4.78, 5) is 32.2. The summed E-state index contributed by atoms with van der Waals surface area (Å²) >= 11 is 0. The largest absolute Gasteiger partial charge is 0.507 e. The second-order valence-corrected chi connectivity index (χ2v) is 11.9. The number of nitrogens with one attached hydrogen (secondary N) is 2. The van der Waals surface area contributed by atoms with Crippen molar-refractivity contribution in [3.8, 4) is 11.5 Å². The average molecular weight is 657 g/mol. The van der Waals surface area contributed by atoms with Crippen molar-refractivity contribution < 1.29 is 38.1 Å². The Morgan fingerprint density at radius 1 is 0.604 bits per heavy atom. The number of rotatable bonds is 10. The lowest BCUT2D eigenvalue weighted by molar-refractivity contribution is 0.0345. The normalized spacial score (nSPS) is 19.4. The molecule has 0 aromatic heterocycles. The van der Waals surface area contributed by atoms with Gasteiger partial charge >= 0.3 is 0 Å². The Labute approximate surface area is 275 Å². The minimum atomic E-state index is -0.586. The molecule has 12 heteroatoms. The number of fused-ring (bicyclic) bond motifs is 2. The van der Waals surface area contributed by atoms with E-state index >= 15 is 0 Å². The van der Waals surface area contributed by atoms with E-state index in [1.54, 1.807) is 36.4 Å². The van der Waals surface area contributed by atoms with Gasteiger partial charge in [0, 0.05) is 50.6 Å². The number of carbonyl (C=O) groups excluding carboxylic acids is 2. The molecule has 2 aliphatic heterocycles. The molecule has 4 aromatic carbocycles. The molecule has 7 rings (SSSR count). The number of anilines is 2. The number of phenolic OH excluding ortho intramolecular Hbond substituents is 2. The summed E-state index contributed by atoms with van der Waals surface area (Å²) in [5.74, 6) is -2.62. The van der Waals surface area contributed by atoms with Crippen molar-refractivity contribution in [1.29, 1.82) is 0 Å². The summed E-state index contributed by atoms with van der Waals surface area (Å²) in [6, 6.07) is 18.2. The van der Waals surface area contributed by atoms with Gasteiger partial charge in [-0.3, -0.25) is 19.4 Å². The first-order valence-corrected chi connectivity index (χ1v) is 15.8. The molecule has 0 amide bonds. The number of carbonyl (C=O) groups is 2. The molecule has 0 bridgehead atoms. The topological polar surface area (TPSA) is 124 Å². The summed E-state index contributed by atoms with van der Waals surface area (Å²) in [7, 11) is 0. The van der Waals surface area contributed by atoms with Crippen molar-refractivity contribution in [1.82, 2.24) is 9.80 Å². The number of aromatic hydroxyl groups is 2. The zero-order valence-corrected chi connectivity index (χ0v) is 25.9. The monoisotopic (exact) mass is 656 g/mol. The minimum Gasteiger partial charge on any atom is -0.507 e. The fraction of sp³-hybridized carbons (Fsp3) is 0.278. The van der Waals surface area contributed by atoms with Gasteiger partial charge in [0.25, 0.3) is 0 Å². The van der Waals surface area contributed by atoms with E-state index in [-0.39, 0.29) is 46.3 Å². The van der Waals surface area contributed by atoms with E-state index in [9.17, 15) is 28.6 Å². The van der Waals surface area contributed by atoms with Gasteiger partial charge in [0.2, 0.25) is 11.6 Å². The van der Waals surface area contributed by atoms with Gasteiger partial charge in [0.15, 0.2) is 0 Å². The highest BCUT2D eigenvalue weighted by atomic mass is 19.1. The zero-order valence-electron chi connectivity index (χ0n) is 25.9. The van der Waals surface area contributed by atoms with Crippen LogP contribution < -0.4 is 10.6 Å². The third-order valence-corrected chi connectivity index (χ3v) is 8.99. The standard InChI is InChI=1S/C36H34F2N4O6/c37-23-5-1-21(2-6-23)35-41(17-19-47-35)15-13-39-25-9-10-26(30-29(25)33(45)31-27(43)11-12-28(44)32(31)34(30)46)40-14-16-42-18-20-48-36(42)22-3-7-24(38)8-4-22/h1-12,35-36,39-40,43-44H,13-20H2. The Balaban J connectivity index is 1.12. The summed E-state index contributed by atoms with van der Waals surface area (Å²) in [6.45, 7) is 4.17. The van der Waals surface area contributed by atoms with Crippen molar-refractivity contribution in [2.45, 2.75) is 12.5 Å². The van der Waals surface area contributed by atoms with Crippen LogP contribution in [0.25, 0.3) is 0 Å². The molecule has 0 radical (unpaired) electrons. The fourth-order valence-corrected chi connectivity index (χ4v) is 6.66. The number of nitrogens with zero attached hydrogens (tertiary/aromatic N) is 2. The Morgan fingerprint density at radius 3 is 1.40 bits per heavy atom. The lowest BCUT2D eigenvalue weighted by atomic mass is 9.81. The van der Waals surface area contributed by atoms with Gasteiger partial charge in [-0.1, -0.05) is 24.3 Å². The highest BCUT2D eigenvalue weighted by Gasteiger charge is 2.38. The van der Waals surface area contributed by atoms with Crippen LogP contribution in [0.5, 0.6) is 11.5 Å². The second kappa shape index (κ2) is 13.3. The van der Waals surface area contributed by atoms with Crippen LogP contribution in [0.4, 0.5) is 20.2 Å². The first-order chi connectivity index (χ1) is 23.3. The molecule has 2 fully saturated rings. The molecule has 2 atom stereocenters. The molecule has 2 unspecified atom stereocenters. The molecule has 1 aliphatic carbocycles. The van der Waals surface area contributed by atoms with Crippen LogP contribution in [0.3, 0.4) is 0 Å². The van der Waals surface area contributed by atoms with Gasteiger partial charge in [-0.2, -0.15) is 0 Å². The lowest BCUT2D eigenvalue weighted by Gasteiger charge is -2.27. The van der Waals surface area contributed by atoms with E-state index in [1.165, 1.54) is 36.4 Å². The van der Waals surface area contributed by atoms with E-state index in [1.807, 2.05) is 0 Å². The number of ether oxygens (including phenoxy) is 2. The van der Waals surface area contributed by atoms with Crippen molar-refractivity contribution >= 4 is 22.9 Å². The zero-order chi connectivity index (χ0) is 33.4. The van der Waals surface area contributed by atoms with Crippen LogP contribution in [0.15, 0.2) is 72.8 Å². The highest BCUT2D eigenvalue weighted by Crippen LogP contribution is 2.42. The van der Waals surface area contributed by atoms with E-state index < -0.39 is 23.1 Å². The molecule has 0 saturated carbocycles. The Hall–Kier alpha value is -4.88. The van der Waals surface area contributed by atoms with E-state index in [0.29, 0.717) is 63.9 Å². The average Bonchev–Trinajstić information content (AvgIpc) is 3.76. The number of ketones is 2. The predicted octanol–water partition coefficient (Wildman–Crippen LogP) is 5.04. The molecule has 10 nitrogen and oxygen atoms in total. The first-order valence-electron chi connectivity index (χ1n) is 15.8.